The number of rotatable bonds is 5. The Morgan fingerprint density at radius 1 is 1.53 bits per heavy atom. The number of aromatic nitrogens is 2. The van der Waals surface area contributed by atoms with Crippen LogP contribution in [0.4, 0.5) is 0 Å². The van der Waals surface area contributed by atoms with E-state index in [1.807, 2.05) is 20.8 Å². The first-order valence-corrected chi connectivity index (χ1v) is 6.09. The predicted molar refractivity (Wildman–Crippen MR) is 68.6 cm³/mol. The van der Waals surface area contributed by atoms with Crippen LogP contribution in [-0.2, 0) is 17.7 Å². The van der Waals surface area contributed by atoms with Gasteiger partial charge in [-0.15, -0.1) is 0 Å². The summed E-state index contributed by atoms with van der Waals surface area (Å²) in [6, 6.07) is 1.35. The van der Waals surface area contributed by atoms with Gasteiger partial charge in [0.2, 0.25) is 0 Å². The summed E-state index contributed by atoms with van der Waals surface area (Å²) in [5.74, 6) is 0.717. The molecule has 0 N–H and O–H groups in total. The highest BCUT2D eigenvalue weighted by molar-refractivity contribution is 6.29. The first-order valence-electron chi connectivity index (χ1n) is 5.71. The molecule has 0 unspecified atom stereocenters. The Hall–Kier alpha value is -0.870. The average molecular weight is 259 g/mol. The molecule has 1 rings (SSSR count). The van der Waals surface area contributed by atoms with E-state index in [2.05, 4.69) is 4.98 Å². The Kier molecular flexibility index (Phi) is 4.71. The third-order valence-corrected chi connectivity index (χ3v) is 3.06. The minimum atomic E-state index is -0.246. The molecule has 17 heavy (non-hydrogen) atoms. The van der Waals surface area contributed by atoms with Gasteiger partial charge in [-0.05, 0) is 20.3 Å². The van der Waals surface area contributed by atoms with Crippen LogP contribution in [0.1, 0.15) is 33.0 Å². The smallest absolute Gasteiger partial charge is 0.254 e. The zero-order valence-electron chi connectivity index (χ0n) is 10.8. The minimum absolute atomic E-state index is 0.103. The molecular formula is C12H19ClN2O2. The van der Waals surface area contributed by atoms with Gasteiger partial charge in [0.15, 0.2) is 0 Å². The molecule has 0 aliphatic carbocycles. The molecule has 0 saturated carbocycles. The second-order valence-corrected chi connectivity index (χ2v) is 4.94. The third kappa shape index (κ3) is 3.82. The van der Waals surface area contributed by atoms with Crippen LogP contribution in [0, 0.1) is 0 Å². The van der Waals surface area contributed by atoms with Crippen LogP contribution in [0.3, 0.4) is 0 Å². The van der Waals surface area contributed by atoms with Crippen LogP contribution in [0.5, 0.6) is 0 Å². The molecule has 0 aromatic carbocycles. The standard InChI is InChI=1S/C12H19ClN2O2/c1-5-10-14-9(13)8-11(16)15(10)7-6-12(2,3)17-4/h8H,5-7H2,1-4H3. The molecule has 4 nitrogen and oxygen atoms in total. The van der Waals surface area contributed by atoms with Crippen molar-refractivity contribution < 1.29 is 4.74 Å². The van der Waals surface area contributed by atoms with Gasteiger partial charge >= 0.3 is 0 Å². The highest BCUT2D eigenvalue weighted by Gasteiger charge is 2.17. The van der Waals surface area contributed by atoms with Crippen LogP contribution >= 0.6 is 11.6 Å². The maximum absolute atomic E-state index is 11.8. The van der Waals surface area contributed by atoms with Gasteiger partial charge in [-0.3, -0.25) is 9.36 Å². The van der Waals surface area contributed by atoms with E-state index >= 15 is 0 Å². The fourth-order valence-electron chi connectivity index (χ4n) is 1.52. The molecule has 0 fully saturated rings. The molecule has 96 valence electrons. The van der Waals surface area contributed by atoms with Crippen molar-refractivity contribution in [3.8, 4) is 0 Å². The van der Waals surface area contributed by atoms with Crippen molar-refractivity contribution in [3.05, 3.63) is 27.4 Å². The van der Waals surface area contributed by atoms with Crippen molar-refractivity contribution in [1.82, 2.24) is 9.55 Å². The molecule has 1 aromatic heterocycles. The summed E-state index contributed by atoms with van der Waals surface area (Å²) < 4.78 is 6.99. The Bertz CT molecular complexity index is 441. The van der Waals surface area contributed by atoms with Crippen LogP contribution in [-0.4, -0.2) is 22.3 Å². The highest BCUT2D eigenvalue weighted by atomic mass is 35.5. The average Bonchev–Trinajstić information content (AvgIpc) is 2.26. The quantitative estimate of drug-likeness (QED) is 0.761. The van der Waals surface area contributed by atoms with Crippen molar-refractivity contribution in [2.75, 3.05) is 7.11 Å². The van der Waals surface area contributed by atoms with Gasteiger partial charge in [0, 0.05) is 26.1 Å². The number of nitrogens with zero attached hydrogens (tertiary/aromatic N) is 2. The number of methoxy groups -OCH3 is 1. The fourth-order valence-corrected chi connectivity index (χ4v) is 1.71. The number of halogens is 1. The van der Waals surface area contributed by atoms with Gasteiger partial charge in [-0.2, -0.15) is 0 Å². The van der Waals surface area contributed by atoms with E-state index in [0.717, 1.165) is 12.2 Å². The van der Waals surface area contributed by atoms with Gasteiger partial charge in [0.25, 0.3) is 5.56 Å². The van der Waals surface area contributed by atoms with Gasteiger partial charge in [-0.25, -0.2) is 4.98 Å². The SMILES string of the molecule is CCc1nc(Cl)cc(=O)n1CCC(C)(C)OC. The van der Waals surface area contributed by atoms with E-state index < -0.39 is 0 Å². The first-order chi connectivity index (χ1) is 7.89. The lowest BCUT2D eigenvalue weighted by molar-refractivity contribution is 0.0116. The highest BCUT2D eigenvalue weighted by Crippen LogP contribution is 2.14. The van der Waals surface area contributed by atoms with Crippen LogP contribution in [0.2, 0.25) is 5.15 Å². The third-order valence-electron chi connectivity index (χ3n) is 2.86. The summed E-state index contributed by atoms with van der Waals surface area (Å²) in [4.78, 5) is 16.0. The zero-order valence-corrected chi connectivity index (χ0v) is 11.5. The molecule has 0 bridgehead atoms. The summed E-state index contributed by atoms with van der Waals surface area (Å²) in [5.41, 5.74) is -0.349. The Balaban J connectivity index is 2.95. The van der Waals surface area contributed by atoms with Crippen molar-refractivity contribution in [3.63, 3.8) is 0 Å². The normalized spacial score (nSPS) is 11.8. The van der Waals surface area contributed by atoms with Crippen molar-refractivity contribution in [2.24, 2.45) is 0 Å². The van der Waals surface area contributed by atoms with Gasteiger partial charge in [0.1, 0.15) is 11.0 Å². The molecule has 1 heterocycles. The molecule has 1 aromatic rings. The zero-order chi connectivity index (χ0) is 13.1. The molecule has 0 spiro atoms. The Morgan fingerprint density at radius 2 is 2.18 bits per heavy atom. The predicted octanol–water partition coefficient (Wildman–Crippen LogP) is 2.27. The van der Waals surface area contributed by atoms with E-state index in [0.29, 0.717) is 13.0 Å². The minimum Gasteiger partial charge on any atom is -0.379 e. The molecule has 0 amide bonds. The van der Waals surface area contributed by atoms with Crippen LogP contribution in [0.15, 0.2) is 10.9 Å². The summed E-state index contributed by atoms with van der Waals surface area (Å²) in [6.45, 7) is 6.53. The van der Waals surface area contributed by atoms with E-state index in [1.165, 1.54) is 6.07 Å². The Morgan fingerprint density at radius 3 is 2.71 bits per heavy atom. The van der Waals surface area contributed by atoms with Crippen molar-refractivity contribution in [2.45, 2.75) is 45.8 Å². The molecule has 5 heteroatoms. The summed E-state index contributed by atoms with van der Waals surface area (Å²) in [6.07, 6.45) is 1.43. The molecule has 0 aliphatic heterocycles. The molecular weight excluding hydrogens is 240 g/mol. The van der Waals surface area contributed by atoms with Gasteiger partial charge < -0.3 is 4.74 Å². The van der Waals surface area contributed by atoms with E-state index in [4.69, 9.17) is 16.3 Å². The second kappa shape index (κ2) is 5.65. The topological polar surface area (TPSA) is 44.1 Å². The number of aryl methyl sites for hydroxylation is 1. The lowest BCUT2D eigenvalue weighted by Crippen LogP contribution is -2.30. The largest absolute Gasteiger partial charge is 0.379 e. The lowest BCUT2D eigenvalue weighted by atomic mass is 10.1. The van der Waals surface area contributed by atoms with Crippen LogP contribution in [0.25, 0.3) is 0 Å². The fraction of sp³-hybridized carbons (Fsp3) is 0.667. The second-order valence-electron chi connectivity index (χ2n) is 4.55. The van der Waals surface area contributed by atoms with E-state index in [9.17, 15) is 4.79 Å². The van der Waals surface area contributed by atoms with Gasteiger partial charge in [0.05, 0.1) is 5.60 Å². The maximum atomic E-state index is 11.8. The van der Waals surface area contributed by atoms with E-state index in [-0.39, 0.29) is 16.3 Å². The number of hydrogen-bond donors (Lipinski definition) is 0. The summed E-state index contributed by atoms with van der Waals surface area (Å²) in [5, 5.41) is 0.258. The summed E-state index contributed by atoms with van der Waals surface area (Å²) in [7, 11) is 1.67. The van der Waals surface area contributed by atoms with Crippen molar-refractivity contribution in [1.29, 1.82) is 0 Å². The first kappa shape index (κ1) is 14.2. The van der Waals surface area contributed by atoms with Crippen molar-refractivity contribution >= 4 is 11.6 Å². The lowest BCUT2D eigenvalue weighted by Gasteiger charge is -2.23. The maximum Gasteiger partial charge on any atom is 0.254 e. The molecule has 0 aliphatic rings. The van der Waals surface area contributed by atoms with Gasteiger partial charge in [-0.1, -0.05) is 18.5 Å². The molecule has 0 saturated heterocycles. The summed E-state index contributed by atoms with van der Waals surface area (Å²) >= 11 is 5.77. The molecule has 0 radical (unpaired) electrons. The number of hydrogen-bond acceptors (Lipinski definition) is 3. The Labute approximate surface area is 107 Å². The molecule has 0 atom stereocenters. The number of ether oxygens (including phenoxy) is 1. The van der Waals surface area contributed by atoms with E-state index in [1.54, 1.807) is 11.7 Å². The van der Waals surface area contributed by atoms with Crippen LogP contribution < -0.4 is 5.56 Å². The monoisotopic (exact) mass is 258 g/mol.